The van der Waals surface area contributed by atoms with Crippen molar-refractivity contribution in [3.05, 3.63) is 45.3 Å². The summed E-state index contributed by atoms with van der Waals surface area (Å²) in [6.45, 7) is 8.59. The number of nitro groups is 1. The van der Waals surface area contributed by atoms with Gasteiger partial charge in [-0.3, -0.25) is 14.9 Å². The van der Waals surface area contributed by atoms with Crippen molar-refractivity contribution in [3.8, 4) is 0 Å². The number of fused-ring (bicyclic) bond motifs is 5. The summed E-state index contributed by atoms with van der Waals surface area (Å²) in [5.41, 5.74) is 3.25. The molecule has 1 fully saturated rings. The number of non-ortho nitro benzene ring substituents is 1. The third-order valence-electron chi connectivity index (χ3n) is 6.81. The van der Waals surface area contributed by atoms with Gasteiger partial charge in [0.25, 0.3) is 5.69 Å². The van der Waals surface area contributed by atoms with Crippen LogP contribution >= 0.6 is 11.8 Å². The molecule has 2 aliphatic rings. The average Bonchev–Trinajstić information content (AvgIpc) is 3.00. The van der Waals surface area contributed by atoms with Gasteiger partial charge in [-0.05, 0) is 30.7 Å². The number of benzene rings is 1. The molecule has 1 amide bonds. The highest BCUT2D eigenvalue weighted by molar-refractivity contribution is 7.99. The zero-order valence-electron chi connectivity index (χ0n) is 16.9. The van der Waals surface area contributed by atoms with Crippen molar-refractivity contribution in [3.63, 3.8) is 0 Å². The van der Waals surface area contributed by atoms with Crippen LogP contribution in [0.15, 0.2) is 23.4 Å². The van der Waals surface area contributed by atoms with Crippen molar-refractivity contribution in [2.45, 2.75) is 57.0 Å². The van der Waals surface area contributed by atoms with Gasteiger partial charge in [0.15, 0.2) is 0 Å². The summed E-state index contributed by atoms with van der Waals surface area (Å²) in [5, 5.41) is 22.8. The number of nitrogens with one attached hydrogen (secondary N) is 1. The Labute approximate surface area is 173 Å². The lowest BCUT2D eigenvalue weighted by molar-refractivity contribution is -0.384. The molecule has 1 heterocycles. The maximum atomic E-state index is 12.4. The number of aromatic nitrogens is 3. The van der Waals surface area contributed by atoms with E-state index in [0.29, 0.717) is 16.8 Å². The first-order valence-corrected chi connectivity index (χ1v) is 10.5. The highest BCUT2D eigenvalue weighted by Crippen LogP contribution is 2.66. The smallest absolute Gasteiger partial charge is 0.271 e. The van der Waals surface area contributed by atoms with E-state index in [9.17, 15) is 14.9 Å². The monoisotopic (exact) mass is 413 g/mol. The number of nitrogens with zero attached hydrogens (tertiary/aromatic N) is 4. The minimum absolute atomic E-state index is 0.0133. The van der Waals surface area contributed by atoms with E-state index in [0.717, 1.165) is 29.8 Å². The lowest BCUT2D eigenvalue weighted by atomic mass is 9.70. The van der Waals surface area contributed by atoms with E-state index in [-0.39, 0.29) is 28.2 Å². The van der Waals surface area contributed by atoms with Crippen molar-refractivity contribution >= 4 is 29.0 Å². The number of carbonyl (C=O) groups excluding carboxylic acids is 1. The fourth-order valence-electron chi connectivity index (χ4n) is 4.60. The van der Waals surface area contributed by atoms with Crippen LogP contribution in [-0.2, 0) is 10.2 Å². The quantitative estimate of drug-likeness (QED) is 0.448. The Morgan fingerprint density at radius 1 is 1.34 bits per heavy atom. The maximum Gasteiger partial charge on any atom is 0.271 e. The van der Waals surface area contributed by atoms with E-state index in [4.69, 9.17) is 4.98 Å². The summed E-state index contributed by atoms with van der Waals surface area (Å²) in [6.07, 6.45) is 2.21. The normalized spacial score (nSPS) is 23.7. The van der Waals surface area contributed by atoms with Gasteiger partial charge in [0.1, 0.15) is 0 Å². The highest BCUT2D eigenvalue weighted by Gasteiger charge is 2.61. The molecule has 2 aliphatic carbocycles. The Morgan fingerprint density at radius 2 is 2.10 bits per heavy atom. The lowest BCUT2D eigenvalue weighted by Gasteiger charge is -2.33. The summed E-state index contributed by atoms with van der Waals surface area (Å²) < 4.78 is 0. The van der Waals surface area contributed by atoms with Gasteiger partial charge in [-0.25, -0.2) is 4.98 Å². The average molecular weight is 414 g/mol. The van der Waals surface area contributed by atoms with Gasteiger partial charge in [0.05, 0.1) is 27.8 Å². The summed E-state index contributed by atoms with van der Waals surface area (Å²) in [5.74, 6) is 0.226. The van der Waals surface area contributed by atoms with Crippen LogP contribution in [0.5, 0.6) is 0 Å². The largest absolute Gasteiger partial charge is 0.325 e. The molecule has 1 aromatic heterocycles. The molecular weight excluding hydrogens is 390 g/mol. The van der Waals surface area contributed by atoms with Crippen LogP contribution in [0.3, 0.4) is 0 Å². The minimum Gasteiger partial charge on any atom is -0.325 e. The van der Waals surface area contributed by atoms with Gasteiger partial charge >= 0.3 is 0 Å². The molecule has 152 valence electrons. The number of hydrogen-bond acceptors (Lipinski definition) is 7. The number of nitro benzene ring substituents is 1. The number of hydrogen-bond donors (Lipinski definition) is 1. The van der Waals surface area contributed by atoms with Crippen LogP contribution in [0.2, 0.25) is 0 Å². The first kappa shape index (κ1) is 19.8. The fraction of sp³-hybridized carbons (Fsp3) is 0.500. The van der Waals surface area contributed by atoms with Crippen molar-refractivity contribution in [1.29, 1.82) is 0 Å². The Kier molecular flexibility index (Phi) is 4.60. The molecule has 2 atom stereocenters. The molecular formula is C20H23N5O3S. The van der Waals surface area contributed by atoms with Gasteiger partial charge < -0.3 is 5.32 Å². The molecule has 0 spiro atoms. The number of carbonyl (C=O) groups is 1. The van der Waals surface area contributed by atoms with Gasteiger partial charge in [-0.15, -0.1) is 5.10 Å². The van der Waals surface area contributed by atoms with Crippen LogP contribution < -0.4 is 5.32 Å². The van der Waals surface area contributed by atoms with Crippen LogP contribution in [0.25, 0.3) is 0 Å². The minimum atomic E-state index is -0.482. The van der Waals surface area contributed by atoms with Crippen LogP contribution in [-0.4, -0.2) is 31.8 Å². The lowest BCUT2D eigenvalue weighted by Crippen LogP contribution is -2.32. The molecule has 1 saturated carbocycles. The summed E-state index contributed by atoms with van der Waals surface area (Å²) in [4.78, 5) is 27.6. The molecule has 0 aliphatic heterocycles. The van der Waals surface area contributed by atoms with Crippen LogP contribution in [0.4, 0.5) is 11.4 Å². The second-order valence-corrected chi connectivity index (χ2v) is 9.51. The first-order valence-electron chi connectivity index (χ1n) is 9.56. The maximum absolute atomic E-state index is 12.4. The van der Waals surface area contributed by atoms with E-state index < -0.39 is 4.92 Å². The molecule has 1 aromatic carbocycles. The summed E-state index contributed by atoms with van der Waals surface area (Å²) >= 11 is 1.23. The van der Waals surface area contributed by atoms with Gasteiger partial charge in [0.2, 0.25) is 11.1 Å². The Hall–Kier alpha value is -2.55. The SMILES string of the molecule is Cc1ccc([N+](=O)[O-])cc1NC(=O)CSc1nnc2c(n1)C1(C)CCC2C1(C)C. The van der Waals surface area contributed by atoms with E-state index >= 15 is 0 Å². The third kappa shape index (κ3) is 3.08. The van der Waals surface area contributed by atoms with Crippen molar-refractivity contribution in [2.24, 2.45) is 5.41 Å². The molecule has 9 heteroatoms. The molecule has 2 bridgehead atoms. The molecule has 2 unspecified atom stereocenters. The summed E-state index contributed by atoms with van der Waals surface area (Å²) in [6, 6.07) is 4.40. The Bertz CT molecular complexity index is 1030. The molecule has 0 saturated heterocycles. The van der Waals surface area contributed by atoms with Crippen molar-refractivity contribution < 1.29 is 9.72 Å². The number of aryl methyl sites for hydroxylation is 1. The van der Waals surface area contributed by atoms with E-state index in [1.54, 1.807) is 13.0 Å². The Balaban J connectivity index is 1.46. The molecule has 1 N–H and O–H groups in total. The third-order valence-corrected chi connectivity index (χ3v) is 7.65. The molecule has 0 radical (unpaired) electrons. The molecule has 2 aromatic rings. The van der Waals surface area contributed by atoms with E-state index in [2.05, 4.69) is 36.3 Å². The van der Waals surface area contributed by atoms with E-state index in [1.807, 2.05) is 0 Å². The predicted molar refractivity (Wildman–Crippen MR) is 110 cm³/mol. The number of thioether (sulfide) groups is 1. The highest BCUT2D eigenvalue weighted by atomic mass is 32.2. The van der Waals surface area contributed by atoms with E-state index in [1.165, 1.54) is 23.9 Å². The second-order valence-electron chi connectivity index (χ2n) is 8.57. The number of rotatable bonds is 5. The standard InChI is InChI=1S/C20H23N5O3S/c1-11-5-6-12(25(27)28)9-14(11)21-15(26)10-29-18-22-17-16(23-24-18)13-7-8-20(17,4)19(13,2)3/h5-6,9,13H,7-8,10H2,1-4H3,(H,21,26). The Morgan fingerprint density at radius 3 is 2.83 bits per heavy atom. The zero-order chi connectivity index (χ0) is 21.0. The topological polar surface area (TPSA) is 111 Å². The number of anilines is 1. The van der Waals surface area contributed by atoms with Gasteiger partial charge in [-0.2, -0.15) is 5.10 Å². The predicted octanol–water partition coefficient (Wildman–Crippen LogP) is 3.99. The first-order chi connectivity index (χ1) is 13.6. The molecule has 8 nitrogen and oxygen atoms in total. The molecule has 29 heavy (non-hydrogen) atoms. The fourth-order valence-corrected chi connectivity index (χ4v) is 5.19. The number of amides is 1. The molecule has 4 rings (SSSR count). The van der Waals surface area contributed by atoms with Gasteiger partial charge in [-0.1, -0.05) is 38.6 Å². The second kappa shape index (κ2) is 6.76. The van der Waals surface area contributed by atoms with Crippen molar-refractivity contribution in [2.75, 3.05) is 11.1 Å². The van der Waals surface area contributed by atoms with Crippen LogP contribution in [0, 0.1) is 22.5 Å². The summed E-state index contributed by atoms with van der Waals surface area (Å²) in [7, 11) is 0. The van der Waals surface area contributed by atoms with Crippen molar-refractivity contribution in [1.82, 2.24) is 15.2 Å². The van der Waals surface area contributed by atoms with Crippen LogP contribution in [0.1, 0.15) is 56.5 Å². The van der Waals surface area contributed by atoms with Gasteiger partial charge in [0, 0.05) is 23.5 Å². The zero-order valence-corrected chi connectivity index (χ0v) is 17.7.